The average Bonchev–Trinajstić information content (AvgIpc) is 2.66. The predicted octanol–water partition coefficient (Wildman–Crippen LogP) is 3.19. The average molecular weight is 340 g/mol. The third-order valence-corrected chi connectivity index (χ3v) is 6.12. The Labute approximate surface area is 147 Å². The van der Waals surface area contributed by atoms with Gasteiger partial charge in [-0.15, -0.1) is 6.58 Å². The van der Waals surface area contributed by atoms with Crippen molar-refractivity contribution in [2.45, 2.75) is 25.0 Å². The van der Waals surface area contributed by atoms with Crippen molar-refractivity contribution in [1.29, 1.82) is 0 Å². The molecule has 4 heterocycles. The molecular formula is C20H24N2O3. The number of hydrogen-bond acceptors (Lipinski definition) is 4. The fourth-order valence-corrected chi connectivity index (χ4v) is 4.68. The number of piperidine rings is 3. The van der Waals surface area contributed by atoms with Crippen LogP contribution in [0, 0.1) is 17.0 Å². The summed E-state index contributed by atoms with van der Waals surface area (Å²) in [5, 5.41) is 25.4. The van der Waals surface area contributed by atoms with Crippen LogP contribution in [0.5, 0.6) is 5.75 Å². The normalized spacial score (nSPS) is 32.5. The Bertz CT molecular complexity index is 809. The lowest BCUT2D eigenvalue weighted by molar-refractivity contribution is -0.929. The molecular weight excluding hydrogens is 316 g/mol. The summed E-state index contributed by atoms with van der Waals surface area (Å²) in [6.45, 7) is 5.01. The number of aliphatic hydroxyl groups excluding tert-OH is 1. The van der Waals surface area contributed by atoms with Crippen LogP contribution in [0.2, 0.25) is 0 Å². The van der Waals surface area contributed by atoms with E-state index in [1.165, 1.54) is 0 Å². The fraction of sp³-hybridized carbons (Fsp3) is 0.450. The van der Waals surface area contributed by atoms with E-state index in [0.717, 1.165) is 35.1 Å². The van der Waals surface area contributed by atoms with E-state index in [0.29, 0.717) is 19.0 Å². The molecule has 3 aliphatic heterocycles. The van der Waals surface area contributed by atoms with Gasteiger partial charge in [-0.3, -0.25) is 4.98 Å². The molecule has 5 atom stereocenters. The van der Waals surface area contributed by atoms with Crippen LogP contribution in [0.3, 0.4) is 0 Å². The molecule has 5 heteroatoms. The fourth-order valence-electron chi connectivity index (χ4n) is 4.68. The van der Waals surface area contributed by atoms with E-state index in [2.05, 4.69) is 11.6 Å². The second-order valence-corrected chi connectivity index (χ2v) is 7.34. The monoisotopic (exact) mass is 340 g/mol. The van der Waals surface area contributed by atoms with Gasteiger partial charge in [0.1, 0.15) is 17.9 Å². The van der Waals surface area contributed by atoms with Crippen LogP contribution in [-0.4, -0.2) is 41.0 Å². The second kappa shape index (κ2) is 6.09. The molecule has 1 aromatic heterocycles. The highest BCUT2D eigenvalue weighted by atomic mass is 16.6. The van der Waals surface area contributed by atoms with Gasteiger partial charge in [-0.05, 0) is 35.7 Å². The summed E-state index contributed by atoms with van der Waals surface area (Å²) in [4.78, 5) is 4.37. The molecule has 5 nitrogen and oxygen atoms in total. The topological polar surface area (TPSA) is 65.4 Å². The lowest BCUT2D eigenvalue weighted by atomic mass is 9.73. The maximum absolute atomic E-state index is 13.4. The van der Waals surface area contributed by atoms with Crippen molar-refractivity contribution in [2.75, 3.05) is 20.2 Å². The molecule has 0 spiro atoms. The molecule has 3 saturated heterocycles. The van der Waals surface area contributed by atoms with Gasteiger partial charge in [0.05, 0.1) is 25.7 Å². The molecule has 3 aliphatic rings. The quantitative estimate of drug-likeness (QED) is 0.527. The van der Waals surface area contributed by atoms with Gasteiger partial charge < -0.3 is 19.7 Å². The van der Waals surface area contributed by atoms with E-state index in [1.54, 1.807) is 13.3 Å². The molecule has 1 aromatic carbocycles. The van der Waals surface area contributed by atoms with Gasteiger partial charge in [-0.1, -0.05) is 6.08 Å². The molecule has 5 rings (SSSR count). The standard InChI is InChI=1S/C20H24N2O3/c1-3-13-12-22(24)9-7-14(13)10-19(22)20(23)16-6-8-21-18-5-4-15(25-2)11-17(16)18/h3-6,8,11,13-14,19-20,23H,1,7,9-10,12H2,2H3/t13-,14?,19-,20+,22?/m0/s1. The maximum Gasteiger partial charge on any atom is 0.132 e. The van der Waals surface area contributed by atoms with Crippen LogP contribution in [0.4, 0.5) is 0 Å². The van der Waals surface area contributed by atoms with E-state index in [-0.39, 0.29) is 16.6 Å². The van der Waals surface area contributed by atoms with Crippen molar-refractivity contribution in [3.63, 3.8) is 0 Å². The summed E-state index contributed by atoms with van der Waals surface area (Å²) in [6, 6.07) is 7.12. The smallest absolute Gasteiger partial charge is 0.132 e. The molecule has 2 bridgehead atoms. The number of hydroxylamine groups is 3. The first-order valence-electron chi connectivity index (χ1n) is 8.87. The number of rotatable bonds is 4. The summed E-state index contributed by atoms with van der Waals surface area (Å²) in [5.74, 6) is 1.44. The third kappa shape index (κ3) is 2.63. The molecule has 2 unspecified atom stereocenters. The Balaban J connectivity index is 1.73. The van der Waals surface area contributed by atoms with Crippen molar-refractivity contribution in [3.05, 3.63) is 53.9 Å². The predicted molar refractivity (Wildman–Crippen MR) is 96.8 cm³/mol. The van der Waals surface area contributed by atoms with Crippen LogP contribution >= 0.6 is 0 Å². The van der Waals surface area contributed by atoms with Crippen molar-refractivity contribution in [1.82, 2.24) is 4.98 Å². The molecule has 0 aliphatic carbocycles. The highest BCUT2D eigenvalue weighted by Crippen LogP contribution is 2.46. The zero-order chi connectivity index (χ0) is 17.6. The number of quaternary nitrogens is 1. The summed E-state index contributed by atoms with van der Waals surface area (Å²) in [7, 11) is 1.62. The minimum Gasteiger partial charge on any atom is -0.632 e. The van der Waals surface area contributed by atoms with Gasteiger partial charge >= 0.3 is 0 Å². The van der Waals surface area contributed by atoms with Crippen molar-refractivity contribution in [3.8, 4) is 5.75 Å². The van der Waals surface area contributed by atoms with E-state index >= 15 is 0 Å². The number of aromatic nitrogens is 1. The zero-order valence-electron chi connectivity index (χ0n) is 14.5. The van der Waals surface area contributed by atoms with Crippen LogP contribution in [0.25, 0.3) is 10.9 Å². The number of hydrogen-bond donors (Lipinski definition) is 1. The van der Waals surface area contributed by atoms with Crippen LogP contribution < -0.4 is 4.74 Å². The molecule has 0 radical (unpaired) electrons. The number of aliphatic hydroxyl groups is 1. The summed E-state index contributed by atoms with van der Waals surface area (Å²) >= 11 is 0. The Morgan fingerprint density at radius 2 is 2.28 bits per heavy atom. The van der Waals surface area contributed by atoms with Gasteiger partial charge in [0.2, 0.25) is 0 Å². The lowest BCUT2D eigenvalue weighted by Gasteiger charge is -2.61. The maximum atomic E-state index is 13.4. The molecule has 25 heavy (non-hydrogen) atoms. The Kier molecular flexibility index (Phi) is 4.02. The van der Waals surface area contributed by atoms with Gasteiger partial charge in [0.15, 0.2) is 0 Å². The lowest BCUT2D eigenvalue weighted by Crippen LogP contribution is -2.64. The first-order chi connectivity index (χ1) is 12.1. The SMILES string of the molecule is C=C[C@H]1C[N+]2([O-])CCC1C[C@H]2[C@H](O)c1ccnc2ccc(OC)cc12. The van der Waals surface area contributed by atoms with Gasteiger partial charge in [-0.2, -0.15) is 0 Å². The molecule has 0 amide bonds. The first kappa shape index (κ1) is 16.5. The summed E-state index contributed by atoms with van der Waals surface area (Å²) < 4.78 is 5.00. The largest absolute Gasteiger partial charge is 0.632 e. The van der Waals surface area contributed by atoms with Crippen molar-refractivity contribution >= 4 is 10.9 Å². The second-order valence-electron chi connectivity index (χ2n) is 7.34. The molecule has 2 aromatic rings. The first-order valence-corrected chi connectivity index (χ1v) is 8.87. The highest BCUT2D eigenvalue weighted by Gasteiger charge is 2.49. The van der Waals surface area contributed by atoms with Crippen LogP contribution in [0.15, 0.2) is 43.1 Å². The van der Waals surface area contributed by atoms with Crippen molar-refractivity contribution in [2.24, 2.45) is 11.8 Å². The van der Waals surface area contributed by atoms with E-state index in [1.807, 2.05) is 30.3 Å². The number of ether oxygens (including phenoxy) is 1. The molecule has 1 N–H and O–H groups in total. The Hall–Kier alpha value is -1.95. The number of methoxy groups -OCH3 is 1. The van der Waals surface area contributed by atoms with E-state index in [4.69, 9.17) is 4.74 Å². The van der Waals surface area contributed by atoms with Gasteiger partial charge in [-0.25, -0.2) is 0 Å². The minimum atomic E-state index is -0.802. The van der Waals surface area contributed by atoms with Crippen molar-refractivity contribution < 1.29 is 14.5 Å². The third-order valence-electron chi connectivity index (χ3n) is 6.12. The summed E-state index contributed by atoms with van der Waals surface area (Å²) in [5.41, 5.74) is 1.57. The highest BCUT2D eigenvalue weighted by molar-refractivity contribution is 5.83. The Morgan fingerprint density at radius 1 is 1.44 bits per heavy atom. The van der Waals surface area contributed by atoms with Crippen LogP contribution in [0.1, 0.15) is 24.5 Å². The number of pyridine rings is 1. The van der Waals surface area contributed by atoms with Crippen LogP contribution in [-0.2, 0) is 0 Å². The number of benzene rings is 1. The molecule has 3 fully saturated rings. The summed E-state index contributed by atoms with van der Waals surface area (Å²) in [6.07, 6.45) is 4.49. The molecule has 0 saturated carbocycles. The van der Waals surface area contributed by atoms with Gasteiger partial charge in [0, 0.05) is 30.3 Å². The molecule has 132 valence electrons. The van der Waals surface area contributed by atoms with Gasteiger partial charge in [0.25, 0.3) is 0 Å². The zero-order valence-corrected chi connectivity index (χ0v) is 14.5. The minimum absolute atomic E-state index is 0.268. The number of nitrogens with zero attached hydrogens (tertiary/aromatic N) is 2. The number of fused-ring (bicyclic) bond motifs is 4. The van der Waals surface area contributed by atoms with E-state index in [9.17, 15) is 10.3 Å². The van der Waals surface area contributed by atoms with E-state index < -0.39 is 6.10 Å². The Morgan fingerprint density at radius 3 is 3.00 bits per heavy atom.